The topological polar surface area (TPSA) is 49.3 Å². The van der Waals surface area contributed by atoms with Crippen molar-refractivity contribution < 1.29 is 9.18 Å². The maximum atomic E-state index is 12.9. The third-order valence-corrected chi connectivity index (χ3v) is 4.63. The molecular weight excluding hydrogens is 259 g/mol. The average Bonchev–Trinajstić information content (AvgIpc) is 3.10. The van der Waals surface area contributed by atoms with Gasteiger partial charge in [-0.3, -0.25) is 4.79 Å². The first kappa shape index (κ1) is 12.1. The average molecular weight is 276 g/mol. The third-order valence-electron chi connectivity index (χ3n) is 4.63. The lowest BCUT2D eigenvalue weighted by Crippen LogP contribution is -2.38. The number of hydrogen-bond acceptors (Lipinski definition) is 4. The molecule has 1 amide bonds. The molecule has 0 radical (unpaired) electrons. The lowest BCUT2D eigenvalue weighted by Gasteiger charge is -2.25. The Bertz CT molecular complexity index is 530. The van der Waals surface area contributed by atoms with Crippen molar-refractivity contribution in [2.75, 3.05) is 18.0 Å². The van der Waals surface area contributed by atoms with Gasteiger partial charge in [0.2, 0.25) is 11.9 Å². The van der Waals surface area contributed by atoms with Crippen molar-refractivity contribution in [2.45, 2.75) is 37.8 Å². The Balaban J connectivity index is 1.54. The van der Waals surface area contributed by atoms with Crippen LogP contribution in [0.1, 0.15) is 25.7 Å². The molecule has 106 valence electrons. The fourth-order valence-electron chi connectivity index (χ4n) is 3.45. The van der Waals surface area contributed by atoms with Crippen molar-refractivity contribution in [3.05, 3.63) is 18.2 Å². The molecule has 3 heterocycles. The Morgan fingerprint density at radius 1 is 1.20 bits per heavy atom. The van der Waals surface area contributed by atoms with Crippen LogP contribution in [0.2, 0.25) is 0 Å². The summed E-state index contributed by atoms with van der Waals surface area (Å²) in [5.74, 6) is 1.08. The molecule has 5 nitrogen and oxygen atoms in total. The molecule has 1 aromatic heterocycles. The summed E-state index contributed by atoms with van der Waals surface area (Å²) in [6, 6.07) is 0.448. The minimum absolute atomic E-state index is 0.159. The molecule has 6 heteroatoms. The zero-order chi connectivity index (χ0) is 13.7. The van der Waals surface area contributed by atoms with Crippen LogP contribution in [0.4, 0.5) is 10.3 Å². The van der Waals surface area contributed by atoms with Crippen LogP contribution in [-0.4, -0.2) is 45.9 Å². The van der Waals surface area contributed by atoms with Gasteiger partial charge in [-0.05, 0) is 25.2 Å². The normalized spacial score (nSPS) is 29.1. The van der Waals surface area contributed by atoms with E-state index in [2.05, 4.69) is 19.8 Å². The highest BCUT2D eigenvalue weighted by atomic mass is 19.1. The lowest BCUT2D eigenvalue weighted by atomic mass is 10.1. The summed E-state index contributed by atoms with van der Waals surface area (Å²) in [5.41, 5.74) is 0. The van der Waals surface area contributed by atoms with Gasteiger partial charge in [-0.2, -0.15) is 0 Å². The molecule has 2 saturated heterocycles. The number of fused-ring (bicyclic) bond motifs is 1. The molecule has 3 fully saturated rings. The number of halogens is 1. The van der Waals surface area contributed by atoms with Gasteiger partial charge in [0.1, 0.15) is 0 Å². The van der Waals surface area contributed by atoms with E-state index in [9.17, 15) is 9.18 Å². The summed E-state index contributed by atoms with van der Waals surface area (Å²) in [4.78, 5) is 24.4. The molecule has 0 spiro atoms. The van der Waals surface area contributed by atoms with Crippen molar-refractivity contribution in [1.29, 1.82) is 0 Å². The van der Waals surface area contributed by atoms with Gasteiger partial charge in [0.25, 0.3) is 0 Å². The smallest absolute Gasteiger partial charge is 0.225 e. The standard InChI is InChI=1S/C14H17FN4O/c15-10-6-16-14(17-7-10)18-4-3-11-12(18)5-13(20)19(11)8-9-1-2-9/h6-7,9,11-12H,1-5,8H2. The van der Waals surface area contributed by atoms with Gasteiger partial charge in [-0.1, -0.05) is 0 Å². The molecule has 2 atom stereocenters. The van der Waals surface area contributed by atoms with Crippen molar-refractivity contribution in [1.82, 2.24) is 14.9 Å². The first-order valence-corrected chi connectivity index (χ1v) is 7.26. The van der Waals surface area contributed by atoms with E-state index in [-0.39, 0.29) is 18.0 Å². The van der Waals surface area contributed by atoms with E-state index in [0.29, 0.717) is 18.3 Å². The van der Waals surface area contributed by atoms with Crippen LogP contribution in [0, 0.1) is 11.7 Å². The molecule has 3 aliphatic rings. The van der Waals surface area contributed by atoms with E-state index >= 15 is 0 Å². The SMILES string of the molecule is O=C1CC2C(CCN2c2ncc(F)cn2)N1CC1CC1. The minimum Gasteiger partial charge on any atom is -0.337 e. The van der Waals surface area contributed by atoms with Crippen LogP contribution in [0.25, 0.3) is 0 Å². The minimum atomic E-state index is -0.428. The Morgan fingerprint density at radius 2 is 1.95 bits per heavy atom. The van der Waals surface area contributed by atoms with Gasteiger partial charge < -0.3 is 9.80 Å². The number of carbonyl (C=O) groups is 1. The van der Waals surface area contributed by atoms with Crippen LogP contribution in [0.15, 0.2) is 12.4 Å². The molecule has 2 aliphatic heterocycles. The number of nitrogens with zero attached hydrogens (tertiary/aromatic N) is 4. The largest absolute Gasteiger partial charge is 0.337 e. The number of aromatic nitrogens is 2. The van der Waals surface area contributed by atoms with Crippen molar-refractivity contribution >= 4 is 11.9 Å². The number of hydrogen-bond donors (Lipinski definition) is 0. The van der Waals surface area contributed by atoms with E-state index in [1.807, 2.05) is 0 Å². The van der Waals surface area contributed by atoms with Gasteiger partial charge in [0, 0.05) is 19.5 Å². The number of rotatable bonds is 3. The predicted molar refractivity (Wildman–Crippen MR) is 70.6 cm³/mol. The van der Waals surface area contributed by atoms with Gasteiger partial charge >= 0.3 is 0 Å². The summed E-state index contributed by atoms with van der Waals surface area (Å²) in [6.45, 7) is 1.76. The van der Waals surface area contributed by atoms with Crippen LogP contribution in [0.3, 0.4) is 0 Å². The second-order valence-electron chi connectivity index (χ2n) is 6.01. The summed E-state index contributed by atoms with van der Waals surface area (Å²) >= 11 is 0. The molecule has 1 aromatic rings. The van der Waals surface area contributed by atoms with Gasteiger partial charge in [0.05, 0.1) is 24.5 Å². The summed E-state index contributed by atoms with van der Waals surface area (Å²) < 4.78 is 12.9. The summed E-state index contributed by atoms with van der Waals surface area (Å²) in [7, 11) is 0. The van der Waals surface area contributed by atoms with E-state index in [1.165, 1.54) is 25.2 Å². The fourth-order valence-corrected chi connectivity index (χ4v) is 3.45. The second kappa shape index (κ2) is 4.40. The Kier molecular flexibility index (Phi) is 2.65. The number of carbonyl (C=O) groups excluding carboxylic acids is 1. The van der Waals surface area contributed by atoms with Crippen LogP contribution in [-0.2, 0) is 4.79 Å². The van der Waals surface area contributed by atoms with E-state index in [0.717, 1.165) is 19.5 Å². The number of amides is 1. The first-order chi connectivity index (χ1) is 9.72. The molecule has 1 aliphatic carbocycles. The molecule has 1 saturated carbocycles. The zero-order valence-corrected chi connectivity index (χ0v) is 11.2. The zero-order valence-electron chi connectivity index (χ0n) is 11.2. The number of likely N-dealkylation sites (tertiary alicyclic amines) is 1. The monoisotopic (exact) mass is 276 g/mol. The Hall–Kier alpha value is -1.72. The van der Waals surface area contributed by atoms with E-state index < -0.39 is 5.82 Å². The highest BCUT2D eigenvalue weighted by Gasteiger charge is 2.48. The van der Waals surface area contributed by atoms with Crippen LogP contribution < -0.4 is 4.90 Å². The van der Waals surface area contributed by atoms with Gasteiger partial charge in [-0.25, -0.2) is 14.4 Å². The molecule has 20 heavy (non-hydrogen) atoms. The van der Waals surface area contributed by atoms with Crippen molar-refractivity contribution in [3.63, 3.8) is 0 Å². The molecule has 2 unspecified atom stereocenters. The summed E-state index contributed by atoms with van der Waals surface area (Å²) in [5, 5.41) is 0. The van der Waals surface area contributed by atoms with Gasteiger partial charge in [0.15, 0.2) is 5.82 Å². The van der Waals surface area contributed by atoms with Crippen molar-refractivity contribution in [2.24, 2.45) is 5.92 Å². The predicted octanol–water partition coefficient (Wildman–Crippen LogP) is 1.21. The highest BCUT2D eigenvalue weighted by molar-refractivity contribution is 5.81. The molecular formula is C14H17FN4O. The Morgan fingerprint density at radius 3 is 2.65 bits per heavy atom. The van der Waals surface area contributed by atoms with E-state index in [4.69, 9.17) is 0 Å². The van der Waals surface area contributed by atoms with E-state index in [1.54, 1.807) is 0 Å². The molecule has 4 rings (SSSR count). The quantitative estimate of drug-likeness (QED) is 0.832. The maximum Gasteiger partial charge on any atom is 0.225 e. The first-order valence-electron chi connectivity index (χ1n) is 7.26. The third kappa shape index (κ3) is 1.94. The lowest BCUT2D eigenvalue weighted by molar-refractivity contribution is -0.129. The maximum absolute atomic E-state index is 12.9. The van der Waals surface area contributed by atoms with Crippen molar-refractivity contribution in [3.8, 4) is 0 Å². The van der Waals surface area contributed by atoms with Gasteiger partial charge in [-0.15, -0.1) is 0 Å². The van der Waals surface area contributed by atoms with Crippen LogP contribution >= 0.6 is 0 Å². The summed E-state index contributed by atoms with van der Waals surface area (Å²) in [6.07, 6.45) is 6.39. The highest BCUT2D eigenvalue weighted by Crippen LogP contribution is 2.38. The fraction of sp³-hybridized carbons (Fsp3) is 0.643. The second-order valence-corrected chi connectivity index (χ2v) is 6.01. The molecule has 0 bridgehead atoms. The number of anilines is 1. The van der Waals surface area contributed by atoms with Crippen LogP contribution in [0.5, 0.6) is 0 Å². The Labute approximate surface area is 116 Å². The molecule has 0 N–H and O–H groups in total. The molecule has 0 aromatic carbocycles.